The second kappa shape index (κ2) is 6.91. The standard InChI is InChI=1S/C16H22N2O3/c19-16(15-11-17-9-10-20-15)18-12-5-7-14(8-6-12)21-13-3-1-2-4-13/h5-8,13,15,17H,1-4,9-11H2,(H,18,19). The number of hydrogen-bond donors (Lipinski definition) is 2. The monoisotopic (exact) mass is 290 g/mol. The van der Waals surface area contributed by atoms with Crippen LogP contribution in [0.15, 0.2) is 24.3 Å². The lowest BCUT2D eigenvalue weighted by Gasteiger charge is -2.22. The highest BCUT2D eigenvalue weighted by Crippen LogP contribution is 2.25. The predicted molar refractivity (Wildman–Crippen MR) is 80.6 cm³/mol. The lowest BCUT2D eigenvalue weighted by atomic mass is 10.2. The maximum atomic E-state index is 12.0. The average Bonchev–Trinajstić information content (AvgIpc) is 3.03. The molecule has 2 fully saturated rings. The van der Waals surface area contributed by atoms with Gasteiger partial charge in [-0.15, -0.1) is 0 Å². The predicted octanol–water partition coefficient (Wildman–Crippen LogP) is 1.93. The van der Waals surface area contributed by atoms with Gasteiger partial charge in [-0.3, -0.25) is 4.79 Å². The van der Waals surface area contributed by atoms with Crippen LogP contribution in [0.1, 0.15) is 25.7 Å². The largest absolute Gasteiger partial charge is 0.490 e. The van der Waals surface area contributed by atoms with Gasteiger partial charge in [0.15, 0.2) is 0 Å². The number of anilines is 1. The van der Waals surface area contributed by atoms with Crippen LogP contribution >= 0.6 is 0 Å². The Kier molecular flexibility index (Phi) is 4.72. The van der Waals surface area contributed by atoms with E-state index in [2.05, 4.69) is 10.6 Å². The molecule has 1 aliphatic heterocycles. The summed E-state index contributed by atoms with van der Waals surface area (Å²) in [4.78, 5) is 12.0. The van der Waals surface area contributed by atoms with Crippen LogP contribution in [0.5, 0.6) is 5.75 Å². The fourth-order valence-electron chi connectivity index (χ4n) is 2.77. The number of amides is 1. The molecule has 21 heavy (non-hydrogen) atoms. The van der Waals surface area contributed by atoms with Crippen LogP contribution in [-0.2, 0) is 9.53 Å². The Balaban J connectivity index is 1.52. The highest BCUT2D eigenvalue weighted by Gasteiger charge is 2.21. The van der Waals surface area contributed by atoms with Crippen molar-refractivity contribution in [3.8, 4) is 5.75 Å². The molecule has 1 atom stereocenters. The Hall–Kier alpha value is -1.59. The number of nitrogens with one attached hydrogen (secondary N) is 2. The molecular formula is C16H22N2O3. The summed E-state index contributed by atoms with van der Waals surface area (Å²) in [5.41, 5.74) is 0.771. The Morgan fingerprint density at radius 1 is 1.24 bits per heavy atom. The van der Waals surface area contributed by atoms with Gasteiger partial charge in [-0.05, 0) is 49.9 Å². The van der Waals surface area contributed by atoms with Crippen LogP contribution in [0.3, 0.4) is 0 Å². The van der Waals surface area contributed by atoms with E-state index >= 15 is 0 Å². The Morgan fingerprint density at radius 3 is 2.67 bits per heavy atom. The lowest BCUT2D eigenvalue weighted by molar-refractivity contribution is -0.128. The van der Waals surface area contributed by atoms with Gasteiger partial charge in [0.05, 0.1) is 12.7 Å². The molecule has 0 spiro atoms. The van der Waals surface area contributed by atoms with Crippen molar-refractivity contribution < 1.29 is 14.3 Å². The number of hydrogen-bond acceptors (Lipinski definition) is 4. The molecule has 114 valence electrons. The zero-order valence-electron chi connectivity index (χ0n) is 12.1. The summed E-state index contributed by atoms with van der Waals surface area (Å²) in [5.74, 6) is 0.766. The fourth-order valence-corrected chi connectivity index (χ4v) is 2.77. The normalized spacial score (nSPS) is 23.0. The molecule has 1 aromatic carbocycles. The van der Waals surface area contributed by atoms with E-state index in [-0.39, 0.29) is 5.91 Å². The molecular weight excluding hydrogens is 268 g/mol. The lowest BCUT2D eigenvalue weighted by Crippen LogP contribution is -2.45. The zero-order chi connectivity index (χ0) is 14.5. The molecule has 0 radical (unpaired) electrons. The minimum Gasteiger partial charge on any atom is -0.490 e. The van der Waals surface area contributed by atoms with Gasteiger partial charge >= 0.3 is 0 Å². The number of carbonyl (C=O) groups is 1. The molecule has 0 aromatic heterocycles. The highest BCUT2D eigenvalue weighted by molar-refractivity contribution is 5.94. The van der Waals surface area contributed by atoms with Gasteiger partial charge in [-0.25, -0.2) is 0 Å². The van der Waals surface area contributed by atoms with Crippen molar-refractivity contribution in [1.82, 2.24) is 5.32 Å². The van der Waals surface area contributed by atoms with Gasteiger partial charge in [0.1, 0.15) is 11.9 Å². The molecule has 1 amide bonds. The van der Waals surface area contributed by atoms with Gasteiger partial charge in [0.25, 0.3) is 5.91 Å². The number of morpholine rings is 1. The molecule has 1 heterocycles. The van der Waals surface area contributed by atoms with E-state index in [9.17, 15) is 4.79 Å². The number of rotatable bonds is 4. The number of carbonyl (C=O) groups excluding carboxylic acids is 1. The van der Waals surface area contributed by atoms with Gasteiger partial charge in [-0.1, -0.05) is 0 Å². The van der Waals surface area contributed by atoms with Crippen molar-refractivity contribution in [1.29, 1.82) is 0 Å². The van der Waals surface area contributed by atoms with Crippen LogP contribution in [0.25, 0.3) is 0 Å². The maximum absolute atomic E-state index is 12.0. The second-order valence-electron chi connectivity index (χ2n) is 5.60. The van der Waals surface area contributed by atoms with Gasteiger partial charge in [0, 0.05) is 18.8 Å². The van der Waals surface area contributed by atoms with Crippen molar-refractivity contribution in [3.05, 3.63) is 24.3 Å². The molecule has 5 nitrogen and oxygen atoms in total. The zero-order valence-corrected chi connectivity index (χ0v) is 12.1. The first-order chi connectivity index (χ1) is 10.3. The molecule has 1 aliphatic carbocycles. The highest BCUT2D eigenvalue weighted by atomic mass is 16.5. The van der Waals surface area contributed by atoms with Crippen LogP contribution in [0, 0.1) is 0 Å². The van der Waals surface area contributed by atoms with Crippen molar-refractivity contribution in [2.45, 2.75) is 37.9 Å². The topological polar surface area (TPSA) is 59.6 Å². The van der Waals surface area contributed by atoms with Crippen LogP contribution in [0.2, 0.25) is 0 Å². The first-order valence-electron chi connectivity index (χ1n) is 7.71. The van der Waals surface area contributed by atoms with Crippen LogP contribution < -0.4 is 15.4 Å². The second-order valence-corrected chi connectivity index (χ2v) is 5.60. The minimum atomic E-state index is -0.409. The van der Waals surface area contributed by atoms with E-state index in [0.717, 1.165) is 30.8 Å². The summed E-state index contributed by atoms with van der Waals surface area (Å²) >= 11 is 0. The third kappa shape index (κ3) is 3.95. The number of benzene rings is 1. The average molecular weight is 290 g/mol. The summed E-state index contributed by atoms with van der Waals surface area (Å²) in [6, 6.07) is 7.57. The van der Waals surface area contributed by atoms with Crippen molar-refractivity contribution in [2.75, 3.05) is 25.0 Å². The summed E-state index contributed by atoms with van der Waals surface area (Å²) in [6.45, 7) is 1.94. The van der Waals surface area contributed by atoms with E-state index in [4.69, 9.17) is 9.47 Å². The smallest absolute Gasteiger partial charge is 0.254 e. The Labute approximate surface area is 125 Å². The van der Waals surface area contributed by atoms with E-state index in [1.807, 2.05) is 24.3 Å². The molecule has 1 unspecified atom stereocenters. The molecule has 1 aromatic rings. The summed E-state index contributed by atoms with van der Waals surface area (Å²) in [6.07, 6.45) is 4.75. The summed E-state index contributed by atoms with van der Waals surface area (Å²) in [5, 5.41) is 6.02. The first-order valence-corrected chi connectivity index (χ1v) is 7.71. The van der Waals surface area contributed by atoms with E-state index in [1.54, 1.807) is 0 Å². The van der Waals surface area contributed by atoms with Gasteiger partial charge < -0.3 is 20.1 Å². The molecule has 1 saturated carbocycles. The maximum Gasteiger partial charge on any atom is 0.254 e. The van der Waals surface area contributed by atoms with Crippen molar-refractivity contribution in [3.63, 3.8) is 0 Å². The Bertz CT molecular complexity index is 463. The van der Waals surface area contributed by atoms with Crippen molar-refractivity contribution in [2.24, 2.45) is 0 Å². The minimum absolute atomic E-state index is 0.105. The third-order valence-corrected chi connectivity index (χ3v) is 3.95. The van der Waals surface area contributed by atoms with E-state index < -0.39 is 6.10 Å². The molecule has 0 bridgehead atoms. The van der Waals surface area contributed by atoms with Crippen molar-refractivity contribution >= 4 is 11.6 Å². The SMILES string of the molecule is O=C(Nc1ccc(OC2CCCC2)cc1)C1CNCCO1. The summed E-state index contributed by atoms with van der Waals surface area (Å²) < 4.78 is 11.3. The van der Waals surface area contributed by atoms with Crippen LogP contribution in [0.4, 0.5) is 5.69 Å². The van der Waals surface area contributed by atoms with E-state index in [0.29, 0.717) is 19.3 Å². The van der Waals surface area contributed by atoms with Gasteiger partial charge in [0.2, 0.25) is 0 Å². The van der Waals surface area contributed by atoms with Crippen LogP contribution in [-0.4, -0.2) is 37.8 Å². The molecule has 1 saturated heterocycles. The van der Waals surface area contributed by atoms with E-state index in [1.165, 1.54) is 12.8 Å². The molecule has 2 aliphatic rings. The Morgan fingerprint density at radius 2 is 2.00 bits per heavy atom. The summed E-state index contributed by atoms with van der Waals surface area (Å²) in [7, 11) is 0. The van der Waals surface area contributed by atoms with Gasteiger partial charge in [-0.2, -0.15) is 0 Å². The third-order valence-electron chi connectivity index (χ3n) is 3.95. The fraction of sp³-hybridized carbons (Fsp3) is 0.562. The molecule has 3 rings (SSSR count). The first kappa shape index (κ1) is 14.4. The quantitative estimate of drug-likeness (QED) is 0.889. The molecule has 2 N–H and O–H groups in total. The molecule has 5 heteroatoms. The number of ether oxygens (including phenoxy) is 2.